The molecule has 0 aliphatic rings. The Bertz CT molecular complexity index is 720. The standard InChI is InChI=1S/C18H26N6O2/c1-6-26-15(25)13-9-7-8-10-14(13)21-18-23-16(19-11(2)3)22-17(24-18)20-12(4)5/h7-12H,6H2,1-5H3,(H3,19,20,21,22,23,24). The number of aromatic nitrogens is 3. The van der Waals surface area contributed by atoms with Crippen molar-refractivity contribution in [1.29, 1.82) is 0 Å². The highest BCUT2D eigenvalue weighted by Gasteiger charge is 2.14. The summed E-state index contributed by atoms with van der Waals surface area (Å²) in [4.78, 5) is 25.3. The van der Waals surface area contributed by atoms with Crippen molar-refractivity contribution in [3.63, 3.8) is 0 Å². The van der Waals surface area contributed by atoms with Gasteiger partial charge in [0.25, 0.3) is 0 Å². The molecule has 0 fully saturated rings. The van der Waals surface area contributed by atoms with Crippen molar-refractivity contribution in [3.8, 4) is 0 Å². The molecule has 0 saturated heterocycles. The molecule has 0 atom stereocenters. The van der Waals surface area contributed by atoms with Crippen LogP contribution >= 0.6 is 0 Å². The van der Waals surface area contributed by atoms with Gasteiger partial charge in [-0.25, -0.2) is 4.79 Å². The van der Waals surface area contributed by atoms with Crippen LogP contribution in [0.1, 0.15) is 45.0 Å². The maximum Gasteiger partial charge on any atom is 0.340 e. The van der Waals surface area contributed by atoms with Gasteiger partial charge in [-0.1, -0.05) is 12.1 Å². The number of hydrogen-bond donors (Lipinski definition) is 3. The first-order valence-electron chi connectivity index (χ1n) is 8.71. The monoisotopic (exact) mass is 358 g/mol. The van der Waals surface area contributed by atoms with E-state index < -0.39 is 5.97 Å². The van der Waals surface area contributed by atoms with Gasteiger partial charge in [0.05, 0.1) is 17.9 Å². The van der Waals surface area contributed by atoms with Gasteiger partial charge in [0.15, 0.2) is 0 Å². The van der Waals surface area contributed by atoms with Crippen LogP contribution in [0.2, 0.25) is 0 Å². The second-order valence-corrected chi connectivity index (χ2v) is 6.30. The number of para-hydroxylation sites is 1. The molecular weight excluding hydrogens is 332 g/mol. The predicted octanol–water partition coefficient (Wildman–Crippen LogP) is 3.43. The zero-order chi connectivity index (χ0) is 19.1. The molecule has 8 nitrogen and oxygen atoms in total. The summed E-state index contributed by atoms with van der Waals surface area (Å²) in [6.07, 6.45) is 0. The average molecular weight is 358 g/mol. The van der Waals surface area contributed by atoms with Gasteiger partial charge in [0.2, 0.25) is 17.8 Å². The van der Waals surface area contributed by atoms with Gasteiger partial charge in [-0.05, 0) is 46.8 Å². The van der Waals surface area contributed by atoms with Crippen LogP contribution in [0.4, 0.5) is 23.5 Å². The van der Waals surface area contributed by atoms with E-state index in [-0.39, 0.29) is 12.1 Å². The van der Waals surface area contributed by atoms with Crippen LogP contribution in [-0.4, -0.2) is 39.6 Å². The fourth-order valence-corrected chi connectivity index (χ4v) is 2.18. The minimum Gasteiger partial charge on any atom is -0.462 e. The Morgan fingerprint density at radius 3 is 2.04 bits per heavy atom. The molecule has 0 aliphatic heterocycles. The van der Waals surface area contributed by atoms with Crippen LogP contribution in [0, 0.1) is 0 Å². The lowest BCUT2D eigenvalue weighted by molar-refractivity contribution is 0.0527. The molecule has 0 saturated carbocycles. The maximum atomic E-state index is 12.1. The van der Waals surface area contributed by atoms with Gasteiger partial charge in [0, 0.05) is 12.1 Å². The van der Waals surface area contributed by atoms with Crippen LogP contribution in [0.5, 0.6) is 0 Å². The Hall–Kier alpha value is -2.90. The lowest BCUT2D eigenvalue weighted by Crippen LogP contribution is -2.18. The number of benzene rings is 1. The molecular formula is C18H26N6O2. The van der Waals surface area contributed by atoms with E-state index in [1.807, 2.05) is 33.8 Å². The van der Waals surface area contributed by atoms with Crippen LogP contribution in [0.3, 0.4) is 0 Å². The smallest absolute Gasteiger partial charge is 0.340 e. The second-order valence-electron chi connectivity index (χ2n) is 6.30. The predicted molar refractivity (Wildman–Crippen MR) is 103 cm³/mol. The van der Waals surface area contributed by atoms with Gasteiger partial charge in [-0.2, -0.15) is 15.0 Å². The third kappa shape index (κ3) is 5.58. The number of nitrogens with one attached hydrogen (secondary N) is 3. The van der Waals surface area contributed by atoms with Crippen LogP contribution in [-0.2, 0) is 4.74 Å². The van der Waals surface area contributed by atoms with Crippen molar-refractivity contribution in [3.05, 3.63) is 29.8 Å². The van der Waals surface area contributed by atoms with Crippen molar-refractivity contribution in [1.82, 2.24) is 15.0 Å². The Morgan fingerprint density at radius 1 is 0.962 bits per heavy atom. The van der Waals surface area contributed by atoms with Gasteiger partial charge in [-0.15, -0.1) is 0 Å². The summed E-state index contributed by atoms with van der Waals surface area (Å²) in [6.45, 7) is 10.1. The minimum absolute atomic E-state index is 0.170. The SMILES string of the molecule is CCOC(=O)c1ccccc1Nc1nc(NC(C)C)nc(NC(C)C)n1. The molecule has 0 amide bonds. The molecule has 1 aromatic heterocycles. The number of rotatable bonds is 8. The number of ether oxygens (including phenoxy) is 1. The highest BCUT2D eigenvalue weighted by molar-refractivity contribution is 5.96. The number of anilines is 4. The van der Waals surface area contributed by atoms with Crippen molar-refractivity contribution in [2.45, 2.75) is 46.7 Å². The van der Waals surface area contributed by atoms with E-state index in [1.54, 1.807) is 25.1 Å². The van der Waals surface area contributed by atoms with Gasteiger partial charge < -0.3 is 20.7 Å². The highest BCUT2D eigenvalue weighted by atomic mass is 16.5. The summed E-state index contributed by atoms with van der Waals surface area (Å²) in [5.41, 5.74) is 0.995. The number of nitrogens with zero attached hydrogens (tertiary/aromatic N) is 3. The Balaban J connectivity index is 2.35. The van der Waals surface area contributed by atoms with E-state index in [0.29, 0.717) is 35.7 Å². The highest BCUT2D eigenvalue weighted by Crippen LogP contribution is 2.21. The topological polar surface area (TPSA) is 101 Å². The number of carbonyl (C=O) groups is 1. The van der Waals surface area contributed by atoms with Gasteiger partial charge in [-0.3, -0.25) is 0 Å². The van der Waals surface area contributed by atoms with E-state index in [0.717, 1.165) is 0 Å². The third-order valence-corrected chi connectivity index (χ3v) is 3.14. The molecule has 0 bridgehead atoms. The molecule has 0 aliphatic carbocycles. The molecule has 1 aromatic carbocycles. The number of esters is 1. The molecule has 8 heteroatoms. The lowest BCUT2D eigenvalue weighted by atomic mass is 10.2. The van der Waals surface area contributed by atoms with Crippen molar-refractivity contribution >= 4 is 29.5 Å². The molecule has 2 aromatic rings. The maximum absolute atomic E-state index is 12.1. The summed E-state index contributed by atoms with van der Waals surface area (Å²) in [7, 11) is 0. The van der Waals surface area contributed by atoms with Crippen molar-refractivity contribution in [2.24, 2.45) is 0 Å². The zero-order valence-electron chi connectivity index (χ0n) is 15.8. The summed E-state index contributed by atoms with van der Waals surface area (Å²) < 4.78 is 5.10. The van der Waals surface area contributed by atoms with E-state index >= 15 is 0 Å². The number of hydrogen-bond acceptors (Lipinski definition) is 8. The zero-order valence-corrected chi connectivity index (χ0v) is 15.8. The molecule has 0 unspecified atom stereocenters. The molecule has 1 heterocycles. The normalized spacial score (nSPS) is 10.7. The van der Waals surface area contributed by atoms with E-state index in [2.05, 4.69) is 30.9 Å². The fraction of sp³-hybridized carbons (Fsp3) is 0.444. The summed E-state index contributed by atoms with van der Waals surface area (Å²) >= 11 is 0. The molecule has 140 valence electrons. The lowest BCUT2D eigenvalue weighted by Gasteiger charge is -2.15. The first-order valence-corrected chi connectivity index (χ1v) is 8.71. The van der Waals surface area contributed by atoms with E-state index in [1.165, 1.54) is 0 Å². The minimum atomic E-state index is -0.397. The van der Waals surface area contributed by atoms with Crippen LogP contribution < -0.4 is 16.0 Å². The first-order chi connectivity index (χ1) is 12.4. The Labute approximate surface area is 153 Å². The molecule has 26 heavy (non-hydrogen) atoms. The summed E-state index contributed by atoms with van der Waals surface area (Å²) in [5.74, 6) is 0.845. The van der Waals surface area contributed by atoms with E-state index in [9.17, 15) is 4.79 Å². The van der Waals surface area contributed by atoms with Crippen molar-refractivity contribution < 1.29 is 9.53 Å². The number of carbonyl (C=O) groups excluding carboxylic acids is 1. The average Bonchev–Trinajstić information content (AvgIpc) is 2.54. The summed E-state index contributed by atoms with van der Waals surface area (Å²) in [6, 6.07) is 7.42. The van der Waals surface area contributed by atoms with E-state index in [4.69, 9.17) is 4.74 Å². The van der Waals surface area contributed by atoms with Gasteiger partial charge >= 0.3 is 5.97 Å². The molecule has 0 spiro atoms. The van der Waals surface area contributed by atoms with Crippen molar-refractivity contribution in [2.75, 3.05) is 22.6 Å². The molecule has 3 N–H and O–H groups in total. The van der Waals surface area contributed by atoms with Crippen LogP contribution in [0.25, 0.3) is 0 Å². The fourth-order valence-electron chi connectivity index (χ4n) is 2.18. The quantitative estimate of drug-likeness (QED) is 0.617. The summed E-state index contributed by atoms with van der Waals surface area (Å²) in [5, 5.41) is 9.43. The third-order valence-electron chi connectivity index (χ3n) is 3.14. The van der Waals surface area contributed by atoms with Crippen LogP contribution in [0.15, 0.2) is 24.3 Å². The second kappa shape index (κ2) is 8.98. The Morgan fingerprint density at radius 2 is 1.50 bits per heavy atom. The molecule has 2 rings (SSSR count). The largest absolute Gasteiger partial charge is 0.462 e. The van der Waals surface area contributed by atoms with Gasteiger partial charge in [0.1, 0.15) is 0 Å². The molecule has 0 radical (unpaired) electrons. The first kappa shape index (κ1) is 19.4. The Kier molecular flexibility index (Phi) is 6.71.